The second-order valence-corrected chi connectivity index (χ2v) is 8.29. The lowest BCUT2D eigenvalue weighted by molar-refractivity contribution is -0.883. The van der Waals surface area contributed by atoms with Gasteiger partial charge in [-0.3, -0.25) is 4.79 Å². The average Bonchev–Trinajstić information content (AvgIpc) is 2.62. The molecule has 1 aliphatic rings. The first kappa shape index (κ1) is 18.5. The van der Waals surface area contributed by atoms with Gasteiger partial charge in [0.1, 0.15) is 5.82 Å². The van der Waals surface area contributed by atoms with Gasteiger partial charge in [0.2, 0.25) is 10.0 Å². The maximum absolute atomic E-state index is 13.2. The van der Waals surface area contributed by atoms with Gasteiger partial charge in [-0.15, -0.1) is 0 Å². The van der Waals surface area contributed by atoms with Crippen molar-refractivity contribution in [2.75, 3.05) is 38.5 Å². The van der Waals surface area contributed by atoms with Crippen LogP contribution in [0, 0.1) is 5.82 Å². The first-order valence-corrected chi connectivity index (χ1v) is 9.79. The van der Waals surface area contributed by atoms with Gasteiger partial charge in [0.25, 0.3) is 5.91 Å². The highest BCUT2D eigenvalue weighted by atomic mass is 32.2. The van der Waals surface area contributed by atoms with Crippen LogP contribution in [0.1, 0.15) is 10.4 Å². The molecule has 3 rings (SSSR count). The molecule has 1 fully saturated rings. The Balaban J connectivity index is 1.71. The number of hydrogen-bond acceptors (Lipinski definition) is 3. The minimum Gasteiger partial charge on any atom is -0.335 e. The van der Waals surface area contributed by atoms with Crippen LogP contribution in [0.15, 0.2) is 53.4 Å². The summed E-state index contributed by atoms with van der Waals surface area (Å²) in [6.07, 6.45) is 0. The summed E-state index contributed by atoms with van der Waals surface area (Å²) in [5.74, 6) is -0.949. The molecule has 6 nitrogen and oxygen atoms in total. The number of carbonyl (C=O) groups excluding carboxylic acids is 1. The third-order valence-corrected chi connectivity index (χ3v) is 6.33. The largest absolute Gasteiger partial charge is 0.335 e. The summed E-state index contributed by atoms with van der Waals surface area (Å²) in [6, 6.07) is 11.4. The smallest absolute Gasteiger partial charge is 0.255 e. The lowest BCUT2D eigenvalue weighted by Gasteiger charge is -2.29. The van der Waals surface area contributed by atoms with Gasteiger partial charge in [-0.1, -0.05) is 6.07 Å². The van der Waals surface area contributed by atoms with Crippen LogP contribution in [0.5, 0.6) is 0 Å². The highest BCUT2D eigenvalue weighted by molar-refractivity contribution is 7.89. The molecule has 1 aliphatic heterocycles. The molecule has 2 aromatic carbocycles. The maximum Gasteiger partial charge on any atom is 0.255 e. The Hall–Kier alpha value is -2.29. The Morgan fingerprint density at radius 2 is 1.77 bits per heavy atom. The van der Waals surface area contributed by atoms with E-state index in [1.807, 2.05) is 7.05 Å². The van der Waals surface area contributed by atoms with E-state index in [-0.39, 0.29) is 10.5 Å². The van der Waals surface area contributed by atoms with Crippen molar-refractivity contribution in [3.63, 3.8) is 0 Å². The molecule has 0 aliphatic carbocycles. The zero-order valence-electron chi connectivity index (χ0n) is 14.4. The van der Waals surface area contributed by atoms with E-state index in [4.69, 9.17) is 0 Å². The number of amides is 1. The summed E-state index contributed by atoms with van der Waals surface area (Å²) >= 11 is 0. The number of piperazine rings is 1. The summed E-state index contributed by atoms with van der Waals surface area (Å²) in [5.41, 5.74) is 0.641. The molecule has 138 valence electrons. The molecule has 26 heavy (non-hydrogen) atoms. The minimum absolute atomic E-state index is 0.195. The van der Waals surface area contributed by atoms with Crippen LogP contribution < -0.4 is 10.2 Å². The number of nitrogens with one attached hydrogen (secondary N) is 2. The van der Waals surface area contributed by atoms with Crippen molar-refractivity contribution in [3.05, 3.63) is 59.9 Å². The minimum atomic E-state index is -3.53. The molecule has 2 aromatic rings. The van der Waals surface area contributed by atoms with E-state index >= 15 is 0 Å². The van der Waals surface area contributed by atoms with Crippen molar-refractivity contribution in [3.8, 4) is 0 Å². The molecule has 2 N–H and O–H groups in total. The first-order chi connectivity index (χ1) is 12.4. The number of sulfonamides is 1. The fraction of sp³-hybridized carbons (Fsp3) is 0.278. The first-order valence-electron chi connectivity index (χ1n) is 8.35. The quantitative estimate of drug-likeness (QED) is 0.819. The highest BCUT2D eigenvalue weighted by Crippen LogP contribution is 2.19. The molecule has 1 heterocycles. The Labute approximate surface area is 152 Å². The van der Waals surface area contributed by atoms with Crippen LogP contribution in [0.3, 0.4) is 0 Å². The fourth-order valence-electron chi connectivity index (χ4n) is 2.80. The van der Waals surface area contributed by atoms with Gasteiger partial charge in [0.15, 0.2) is 0 Å². The van der Waals surface area contributed by atoms with Crippen LogP contribution in [-0.4, -0.2) is 51.9 Å². The molecule has 0 bridgehead atoms. The molecule has 0 unspecified atom stereocenters. The van der Waals surface area contributed by atoms with Crippen molar-refractivity contribution in [2.45, 2.75) is 4.90 Å². The van der Waals surface area contributed by atoms with E-state index in [1.54, 1.807) is 0 Å². The summed E-state index contributed by atoms with van der Waals surface area (Å²) in [5, 5.41) is 2.63. The predicted octanol–water partition coefficient (Wildman–Crippen LogP) is 0.597. The predicted molar refractivity (Wildman–Crippen MR) is 96.2 cm³/mol. The molecular weight excluding hydrogens is 357 g/mol. The van der Waals surface area contributed by atoms with Crippen LogP contribution in [0.2, 0.25) is 0 Å². The zero-order chi connectivity index (χ0) is 18.7. The molecule has 0 saturated carbocycles. The SMILES string of the molecule is C[NH+]1CCN(S(=O)(=O)c2ccc(NC(=O)c3cccc(F)c3)cc2)CC1. The van der Waals surface area contributed by atoms with Gasteiger partial charge in [0, 0.05) is 11.3 Å². The molecule has 8 heteroatoms. The second-order valence-electron chi connectivity index (χ2n) is 6.35. The zero-order valence-corrected chi connectivity index (χ0v) is 15.2. The number of benzene rings is 2. The van der Waals surface area contributed by atoms with Gasteiger partial charge < -0.3 is 10.2 Å². The molecule has 0 radical (unpaired) electrons. The molecule has 0 atom stereocenters. The summed E-state index contributed by atoms with van der Waals surface area (Å²) in [4.78, 5) is 13.6. The number of likely N-dealkylation sites (N-methyl/N-ethyl adjacent to an activating group) is 1. The Morgan fingerprint density at radius 1 is 1.12 bits per heavy atom. The third kappa shape index (κ3) is 4.09. The Bertz CT molecular complexity index is 892. The lowest BCUT2D eigenvalue weighted by atomic mass is 10.2. The molecule has 1 amide bonds. The van der Waals surface area contributed by atoms with Gasteiger partial charge in [0.05, 0.1) is 38.1 Å². The summed E-state index contributed by atoms with van der Waals surface area (Å²) in [7, 11) is -1.49. The number of rotatable bonds is 4. The average molecular weight is 378 g/mol. The number of nitrogens with zero attached hydrogens (tertiary/aromatic N) is 1. The van der Waals surface area contributed by atoms with E-state index < -0.39 is 21.7 Å². The van der Waals surface area contributed by atoms with Crippen LogP contribution in [0.25, 0.3) is 0 Å². The van der Waals surface area contributed by atoms with Gasteiger partial charge in [-0.2, -0.15) is 4.31 Å². The van der Waals surface area contributed by atoms with Crippen molar-refractivity contribution in [1.29, 1.82) is 0 Å². The van der Waals surface area contributed by atoms with Gasteiger partial charge >= 0.3 is 0 Å². The molecule has 0 aromatic heterocycles. The fourth-order valence-corrected chi connectivity index (χ4v) is 4.24. The summed E-state index contributed by atoms with van der Waals surface area (Å²) < 4.78 is 40.0. The Morgan fingerprint density at radius 3 is 2.38 bits per heavy atom. The number of halogens is 1. The van der Waals surface area contributed by atoms with Crippen molar-refractivity contribution in [1.82, 2.24) is 4.31 Å². The second kappa shape index (κ2) is 7.53. The van der Waals surface area contributed by atoms with Gasteiger partial charge in [-0.05, 0) is 42.5 Å². The van der Waals surface area contributed by atoms with Crippen LogP contribution in [0.4, 0.5) is 10.1 Å². The number of quaternary nitrogens is 1. The van der Waals surface area contributed by atoms with Crippen molar-refractivity contribution in [2.24, 2.45) is 0 Å². The molecule has 0 spiro atoms. The third-order valence-electron chi connectivity index (χ3n) is 4.41. The number of anilines is 1. The Kier molecular flexibility index (Phi) is 5.36. The standard InChI is InChI=1S/C18H20FN3O3S/c1-21-9-11-22(12-10-21)26(24,25)17-7-5-16(6-8-17)20-18(23)14-3-2-4-15(19)13-14/h2-8,13H,9-12H2,1H3,(H,20,23)/p+1. The molecule has 1 saturated heterocycles. The van der Waals surface area contributed by atoms with E-state index in [9.17, 15) is 17.6 Å². The number of carbonyl (C=O) groups is 1. The molecular formula is C18H21FN3O3S+. The van der Waals surface area contributed by atoms with Crippen LogP contribution in [-0.2, 0) is 10.0 Å². The highest BCUT2D eigenvalue weighted by Gasteiger charge is 2.29. The van der Waals surface area contributed by atoms with Crippen molar-refractivity contribution < 1.29 is 22.5 Å². The van der Waals surface area contributed by atoms with E-state index in [1.165, 1.54) is 51.7 Å². The lowest BCUT2D eigenvalue weighted by Crippen LogP contribution is -3.12. The summed E-state index contributed by atoms with van der Waals surface area (Å²) in [6.45, 7) is 2.54. The van der Waals surface area contributed by atoms with Crippen LogP contribution >= 0.6 is 0 Å². The topological polar surface area (TPSA) is 70.9 Å². The van der Waals surface area contributed by atoms with Crippen molar-refractivity contribution >= 4 is 21.6 Å². The van der Waals surface area contributed by atoms with E-state index in [0.717, 1.165) is 19.2 Å². The normalized spacial score (nSPS) is 16.4. The van der Waals surface area contributed by atoms with E-state index in [0.29, 0.717) is 18.8 Å². The van der Waals surface area contributed by atoms with Gasteiger partial charge in [-0.25, -0.2) is 12.8 Å². The maximum atomic E-state index is 13.2. The van der Waals surface area contributed by atoms with E-state index in [2.05, 4.69) is 5.32 Å². The monoisotopic (exact) mass is 378 g/mol. The number of hydrogen-bond donors (Lipinski definition) is 2.